The number of nitrogens with two attached hydrogens (primary N) is 2. The maximum Gasteiger partial charge on any atom is 0.313 e. The topological polar surface area (TPSA) is 144 Å². The van der Waals surface area contributed by atoms with Gasteiger partial charge in [-0.25, -0.2) is 4.98 Å². The Balaban J connectivity index is 1.82. The minimum Gasteiger partial charge on any atom is -0.384 e. The molecule has 0 spiro atoms. The Labute approximate surface area is 168 Å². The first-order valence-electron chi connectivity index (χ1n) is 9.24. The van der Waals surface area contributed by atoms with E-state index in [4.69, 9.17) is 11.5 Å². The molecule has 1 atom stereocenters. The van der Waals surface area contributed by atoms with E-state index in [1.165, 1.54) is 18.5 Å². The maximum atomic E-state index is 13.0. The van der Waals surface area contributed by atoms with Crippen LogP contribution in [0.3, 0.4) is 0 Å². The average Bonchev–Trinajstić information content (AvgIpc) is 2.67. The number of rotatable bonds is 3. The highest BCUT2D eigenvalue weighted by molar-refractivity contribution is 6.39. The van der Waals surface area contributed by atoms with Crippen molar-refractivity contribution in [3.05, 3.63) is 47.9 Å². The number of likely N-dealkylation sites (tertiary alicyclic amines) is 1. The van der Waals surface area contributed by atoms with Crippen molar-refractivity contribution in [2.75, 3.05) is 17.6 Å². The molecule has 3 heterocycles. The van der Waals surface area contributed by atoms with Crippen LogP contribution in [0, 0.1) is 5.41 Å². The molecule has 3 rings (SSSR count). The van der Waals surface area contributed by atoms with Gasteiger partial charge in [-0.2, -0.15) is 0 Å². The molecule has 5 N–H and O–H groups in total. The smallest absolute Gasteiger partial charge is 0.313 e. The van der Waals surface area contributed by atoms with Crippen molar-refractivity contribution in [3.8, 4) is 0 Å². The van der Waals surface area contributed by atoms with E-state index in [0.717, 1.165) is 12.0 Å². The molecule has 1 aliphatic heterocycles. The van der Waals surface area contributed by atoms with Gasteiger partial charge in [-0.3, -0.25) is 19.4 Å². The lowest BCUT2D eigenvalue weighted by molar-refractivity contribution is -0.147. The Morgan fingerprint density at radius 3 is 2.62 bits per heavy atom. The van der Waals surface area contributed by atoms with E-state index in [1.54, 1.807) is 17.2 Å². The number of carbonyl (C=O) groups is 3. The van der Waals surface area contributed by atoms with E-state index in [-0.39, 0.29) is 22.7 Å². The van der Waals surface area contributed by atoms with Gasteiger partial charge < -0.3 is 21.7 Å². The fourth-order valence-corrected chi connectivity index (χ4v) is 3.47. The summed E-state index contributed by atoms with van der Waals surface area (Å²) in [5.41, 5.74) is 12.0. The van der Waals surface area contributed by atoms with Crippen molar-refractivity contribution >= 4 is 29.2 Å². The van der Waals surface area contributed by atoms with Crippen molar-refractivity contribution in [2.45, 2.75) is 32.7 Å². The predicted molar refractivity (Wildman–Crippen MR) is 108 cm³/mol. The monoisotopic (exact) mass is 396 g/mol. The van der Waals surface area contributed by atoms with Crippen molar-refractivity contribution < 1.29 is 14.4 Å². The van der Waals surface area contributed by atoms with Crippen LogP contribution in [0.25, 0.3) is 0 Å². The third-order valence-electron chi connectivity index (χ3n) is 5.00. The SMILES string of the molecule is CC1(C)CC[C@@H](c2ccc(N)nc2)N(C(=O)C(=O)Nc2cncc(C(N)=O)c2)C1. The van der Waals surface area contributed by atoms with E-state index in [0.29, 0.717) is 18.8 Å². The second-order valence-electron chi connectivity index (χ2n) is 7.95. The lowest BCUT2D eigenvalue weighted by Crippen LogP contribution is -2.49. The molecule has 1 fully saturated rings. The molecule has 9 nitrogen and oxygen atoms in total. The zero-order valence-electron chi connectivity index (χ0n) is 16.4. The summed E-state index contributed by atoms with van der Waals surface area (Å²) in [6, 6.07) is 4.61. The molecule has 0 bridgehead atoms. The van der Waals surface area contributed by atoms with Crippen molar-refractivity contribution in [1.82, 2.24) is 14.9 Å². The highest BCUT2D eigenvalue weighted by Gasteiger charge is 2.38. The summed E-state index contributed by atoms with van der Waals surface area (Å²) >= 11 is 0. The Bertz CT molecular complexity index is 941. The van der Waals surface area contributed by atoms with Gasteiger partial charge in [0.25, 0.3) is 0 Å². The van der Waals surface area contributed by atoms with E-state index in [2.05, 4.69) is 29.1 Å². The highest BCUT2D eigenvalue weighted by atomic mass is 16.2. The van der Waals surface area contributed by atoms with Crippen LogP contribution in [0.5, 0.6) is 0 Å². The Morgan fingerprint density at radius 1 is 1.21 bits per heavy atom. The summed E-state index contributed by atoms with van der Waals surface area (Å²) in [5, 5.41) is 2.51. The van der Waals surface area contributed by atoms with Crippen LogP contribution in [0.15, 0.2) is 36.8 Å². The first kappa shape index (κ1) is 20.2. The number of pyridine rings is 2. The van der Waals surface area contributed by atoms with Crippen LogP contribution in [-0.4, -0.2) is 39.1 Å². The van der Waals surface area contributed by atoms with Gasteiger partial charge in [0.2, 0.25) is 5.91 Å². The summed E-state index contributed by atoms with van der Waals surface area (Å²) in [7, 11) is 0. The first-order chi connectivity index (χ1) is 13.7. The van der Waals surface area contributed by atoms with Gasteiger partial charge in [0, 0.05) is 18.9 Å². The number of nitrogens with one attached hydrogen (secondary N) is 1. The summed E-state index contributed by atoms with van der Waals surface area (Å²) in [5.74, 6) is -1.75. The minimum absolute atomic E-state index is 0.124. The molecule has 0 aromatic carbocycles. The fourth-order valence-electron chi connectivity index (χ4n) is 3.47. The number of aromatic nitrogens is 2. The lowest BCUT2D eigenvalue weighted by atomic mass is 9.79. The average molecular weight is 396 g/mol. The summed E-state index contributed by atoms with van der Waals surface area (Å²) in [4.78, 5) is 46.5. The molecule has 3 amide bonds. The molecule has 1 saturated heterocycles. The Morgan fingerprint density at radius 2 is 1.97 bits per heavy atom. The molecule has 1 aliphatic rings. The standard InChI is InChI=1S/C20H24N6O3/c1-20(2)6-5-15(12-3-4-16(21)24-9-12)26(11-20)19(29)18(28)25-14-7-13(17(22)27)8-23-10-14/h3-4,7-10,15H,5-6,11H2,1-2H3,(H2,21,24)(H2,22,27)(H,25,28)/t15-/m0/s1. The van der Waals surface area contributed by atoms with E-state index < -0.39 is 17.7 Å². The minimum atomic E-state index is -0.806. The van der Waals surface area contributed by atoms with E-state index in [9.17, 15) is 14.4 Å². The molecule has 29 heavy (non-hydrogen) atoms. The van der Waals surface area contributed by atoms with Crippen molar-refractivity contribution in [1.29, 1.82) is 0 Å². The van der Waals surface area contributed by atoms with E-state index >= 15 is 0 Å². The number of piperidine rings is 1. The van der Waals surface area contributed by atoms with Gasteiger partial charge in [0.05, 0.1) is 23.5 Å². The summed E-state index contributed by atoms with van der Waals surface area (Å²) < 4.78 is 0. The van der Waals surface area contributed by atoms with Gasteiger partial charge in [-0.05, 0) is 36.0 Å². The summed E-state index contributed by atoms with van der Waals surface area (Å²) in [6.07, 6.45) is 5.88. The number of hydrogen-bond donors (Lipinski definition) is 3. The molecule has 2 aromatic heterocycles. The van der Waals surface area contributed by atoms with Gasteiger partial charge in [-0.1, -0.05) is 19.9 Å². The largest absolute Gasteiger partial charge is 0.384 e. The first-order valence-corrected chi connectivity index (χ1v) is 9.24. The van der Waals surface area contributed by atoms with Gasteiger partial charge in [0.15, 0.2) is 0 Å². The molecule has 0 radical (unpaired) electrons. The van der Waals surface area contributed by atoms with Crippen molar-refractivity contribution in [3.63, 3.8) is 0 Å². The lowest BCUT2D eigenvalue weighted by Gasteiger charge is -2.43. The molecule has 9 heteroatoms. The normalized spacial score (nSPS) is 18.1. The van der Waals surface area contributed by atoms with Crippen LogP contribution in [0.4, 0.5) is 11.5 Å². The van der Waals surface area contributed by atoms with Gasteiger partial charge >= 0.3 is 11.8 Å². The highest BCUT2D eigenvalue weighted by Crippen LogP contribution is 2.39. The molecular formula is C20H24N6O3. The van der Waals surface area contributed by atoms with Crippen LogP contribution < -0.4 is 16.8 Å². The van der Waals surface area contributed by atoms with E-state index in [1.807, 2.05) is 6.07 Å². The third kappa shape index (κ3) is 4.68. The van der Waals surface area contributed by atoms with Gasteiger partial charge in [-0.15, -0.1) is 0 Å². The number of amides is 3. The van der Waals surface area contributed by atoms with Crippen LogP contribution in [0.2, 0.25) is 0 Å². The summed E-state index contributed by atoms with van der Waals surface area (Å²) in [6.45, 7) is 4.54. The predicted octanol–water partition coefficient (Wildman–Crippen LogP) is 1.49. The quantitative estimate of drug-likeness (QED) is 0.670. The molecule has 0 unspecified atom stereocenters. The Kier molecular flexibility index (Phi) is 5.49. The molecule has 0 saturated carbocycles. The number of nitrogen functional groups attached to an aromatic ring is 1. The number of nitrogens with zero attached hydrogens (tertiary/aromatic N) is 3. The molecular weight excluding hydrogens is 372 g/mol. The number of primary amides is 1. The number of anilines is 2. The van der Waals surface area contributed by atoms with Crippen LogP contribution in [-0.2, 0) is 9.59 Å². The molecule has 2 aromatic rings. The third-order valence-corrected chi connectivity index (χ3v) is 5.00. The van der Waals surface area contributed by atoms with Gasteiger partial charge in [0.1, 0.15) is 5.82 Å². The second-order valence-corrected chi connectivity index (χ2v) is 7.95. The molecule has 0 aliphatic carbocycles. The number of carbonyl (C=O) groups excluding carboxylic acids is 3. The Hall–Kier alpha value is -3.49. The zero-order chi connectivity index (χ0) is 21.2. The second kappa shape index (κ2) is 7.86. The fraction of sp³-hybridized carbons (Fsp3) is 0.350. The number of hydrogen-bond acceptors (Lipinski definition) is 6. The maximum absolute atomic E-state index is 13.0. The van der Waals surface area contributed by atoms with Crippen LogP contribution >= 0.6 is 0 Å². The van der Waals surface area contributed by atoms with Crippen LogP contribution in [0.1, 0.15) is 48.7 Å². The molecule has 152 valence electrons. The zero-order valence-corrected chi connectivity index (χ0v) is 16.4. The van der Waals surface area contributed by atoms with Crippen molar-refractivity contribution in [2.24, 2.45) is 11.1 Å².